The first-order valence-corrected chi connectivity index (χ1v) is 17.5. The van der Waals surface area contributed by atoms with Gasteiger partial charge in [0, 0.05) is 34.5 Å². The maximum atomic E-state index is 11.1. The number of halogens is 2. The lowest BCUT2D eigenvalue weighted by Crippen LogP contribution is -2.03. The third kappa shape index (κ3) is 8.90. The number of nitrogens with zero attached hydrogens (tertiary/aromatic N) is 6. The third-order valence-corrected chi connectivity index (χ3v) is 8.63. The summed E-state index contributed by atoms with van der Waals surface area (Å²) >= 11 is 12.1. The van der Waals surface area contributed by atoms with Gasteiger partial charge in [-0.05, 0) is 71.8 Å². The summed E-state index contributed by atoms with van der Waals surface area (Å²) in [7, 11) is 0. The molecule has 0 atom stereocenters. The van der Waals surface area contributed by atoms with Gasteiger partial charge in [-0.3, -0.25) is 10.2 Å². The molecule has 4 aromatic carbocycles. The second kappa shape index (κ2) is 16.8. The van der Waals surface area contributed by atoms with Crippen molar-refractivity contribution in [3.05, 3.63) is 142 Å². The predicted molar refractivity (Wildman–Crippen MR) is 214 cm³/mol. The molecule has 0 amide bonds. The molecule has 0 unspecified atom stereocenters. The zero-order valence-electron chi connectivity index (χ0n) is 29.0. The first-order valence-electron chi connectivity index (χ1n) is 16.8. The molecule has 4 heterocycles. The number of carbonyl (C=O) groups is 2. The molecule has 8 aromatic rings. The van der Waals surface area contributed by atoms with Crippen LogP contribution >= 0.6 is 23.2 Å². The topological polar surface area (TPSA) is 232 Å². The van der Waals surface area contributed by atoms with Crippen LogP contribution in [0.25, 0.3) is 22.1 Å². The Labute approximate surface area is 327 Å². The fourth-order valence-electron chi connectivity index (χ4n) is 5.57. The smallest absolute Gasteiger partial charge is 0.335 e. The summed E-state index contributed by atoms with van der Waals surface area (Å²) in [6.07, 6.45) is 2.88. The Hall–Kier alpha value is -7.30. The molecule has 18 heteroatoms. The number of aromatic carboxylic acids is 2. The van der Waals surface area contributed by atoms with Gasteiger partial charge in [-0.2, -0.15) is 10.2 Å². The standard InChI is InChI=1S/2C19H15ClN6O2/c2*20-13-5-2-6-14(8-13)24-16-15-17(25-26-18(15)23-10-22-16)21-9-11-3-1-4-12(7-11)19(27)28/h2*1-8,10H,9H2,(H,27,28)(H3,21,22,23,24,25,26). The Kier molecular flexibility index (Phi) is 11.1. The van der Waals surface area contributed by atoms with E-state index >= 15 is 0 Å². The average Bonchev–Trinajstić information content (AvgIpc) is 3.82. The maximum Gasteiger partial charge on any atom is 0.335 e. The normalized spacial score (nSPS) is 10.8. The minimum atomic E-state index is -0.964. The highest BCUT2D eigenvalue weighted by Gasteiger charge is 2.15. The number of aromatic amines is 2. The second-order valence-corrected chi connectivity index (χ2v) is 12.9. The van der Waals surface area contributed by atoms with Gasteiger partial charge < -0.3 is 31.5 Å². The molecule has 0 saturated carbocycles. The molecule has 280 valence electrons. The van der Waals surface area contributed by atoms with Crippen molar-refractivity contribution in [1.29, 1.82) is 0 Å². The van der Waals surface area contributed by atoms with E-state index < -0.39 is 11.9 Å². The molecule has 16 nitrogen and oxygen atoms in total. The van der Waals surface area contributed by atoms with Gasteiger partial charge in [-0.15, -0.1) is 0 Å². The van der Waals surface area contributed by atoms with Crippen LogP contribution in [-0.4, -0.2) is 62.5 Å². The van der Waals surface area contributed by atoms with Crippen molar-refractivity contribution in [2.45, 2.75) is 13.1 Å². The van der Waals surface area contributed by atoms with E-state index in [2.05, 4.69) is 61.6 Å². The molecule has 8 N–H and O–H groups in total. The Morgan fingerprint density at radius 1 is 0.554 bits per heavy atom. The van der Waals surface area contributed by atoms with Crippen LogP contribution < -0.4 is 21.3 Å². The summed E-state index contributed by atoms with van der Waals surface area (Å²) in [6, 6.07) is 28.0. The van der Waals surface area contributed by atoms with Crippen LogP contribution in [0.3, 0.4) is 0 Å². The van der Waals surface area contributed by atoms with Crippen LogP contribution in [0.2, 0.25) is 10.0 Å². The lowest BCUT2D eigenvalue weighted by molar-refractivity contribution is 0.0686. The summed E-state index contributed by atoms with van der Waals surface area (Å²) in [6.45, 7) is 0.791. The number of carboxylic acids is 2. The molecule has 4 aromatic heterocycles. The van der Waals surface area contributed by atoms with Crippen molar-refractivity contribution in [2.24, 2.45) is 0 Å². The first-order chi connectivity index (χ1) is 27.2. The van der Waals surface area contributed by atoms with Gasteiger partial charge in [-0.25, -0.2) is 29.5 Å². The Morgan fingerprint density at radius 3 is 1.39 bits per heavy atom. The van der Waals surface area contributed by atoms with E-state index in [9.17, 15) is 9.59 Å². The monoisotopic (exact) mass is 788 g/mol. The largest absolute Gasteiger partial charge is 0.478 e. The Morgan fingerprint density at radius 2 is 0.982 bits per heavy atom. The van der Waals surface area contributed by atoms with Crippen molar-refractivity contribution in [3.63, 3.8) is 0 Å². The SMILES string of the molecule is O=C(O)c1cccc(CNc2n[nH]c3ncnc(Nc4cccc(Cl)c4)c23)c1.O=C(O)c1cccc(CNc2n[nH]c3ncnc(Nc4cccc(Cl)c4)c23)c1. The van der Waals surface area contributed by atoms with E-state index in [1.807, 2.05) is 36.4 Å². The van der Waals surface area contributed by atoms with Gasteiger partial charge in [-0.1, -0.05) is 59.6 Å². The summed E-state index contributed by atoms with van der Waals surface area (Å²) in [5.74, 6) is 0.328. The maximum absolute atomic E-state index is 11.1. The molecule has 0 aliphatic carbocycles. The zero-order chi connectivity index (χ0) is 39.0. The minimum Gasteiger partial charge on any atom is -0.478 e. The molecule has 0 bridgehead atoms. The van der Waals surface area contributed by atoms with Crippen molar-refractivity contribution in [1.82, 2.24) is 40.3 Å². The second-order valence-electron chi connectivity index (χ2n) is 12.0. The first kappa shape index (κ1) is 37.0. The number of hydrogen-bond acceptors (Lipinski definition) is 12. The van der Waals surface area contributed by atoms with Crippen LogP contribution in [-0.2, 0) is 13.1 Å². The minimum absolute atomic E-state index is 0.234. The van der Waals surface area contributed by atoms with Crippen LogP contribution in [0.5, 0.6) is 0 Å². The lowest BCUT2D eigenvalue weighted by Gasteiger charge is -2.09. The number of aromatic nitrogens is 8. The van der Waals surface area contributed by atoms with Crippen molar-refractivity contribution in [3.8, 4) is 0 Å². The number of fused-ring (bicyclic) bond motifs is 2. The van der Waals surface area contributed by atoms with E-state index in [0.717, 1.165) is 22.5 Å². The molecule has 0 aliphatic rings. The summed E-state index contributed by atoms with van der Waals surface area (Å²) in [5.41, 5.74) is 4.82. The summed E-state index contributed by atoms with van der Waals surface area (Å²) in [5, 5.41) is 48.0. The van der Waals surface area contributed by atoms with Gasteiger partial charge in [0.05, 0.1) is 11.1 Å². The zero-order valence-corrected chi connectivity index (χ0v) is 30.5. The molecule has 56 heavy (non-hydrogen) atoms. The molecule has 0 saturated heterocycles. The van der Waals surface area contributed by atoms with Crippen LogP contribution in [0.1, 0.15) is 31.8 Å². The molecule has 0 fully saturated rings. The molecular weight excluding hydrogens is 759 g/mol. The number of nitrogens with one attached hydrogen (secondary N) is 6. The van der Waals surface area contributed by atoms with E-state index in [1.54, 1.807) is 60.7 Å². The van der Waals surface area contributed by atoms with E-state index in [-0.39, 0.29) is 11.1 Å². The quantitative estimate of drug-likeness (QED) is 0.0584. The molecule has 0 spiro atoms. The number of benzene rings is 4. The highest BCUT2D eigenvalue weighted by atomic mass is 35.5. The number of rotatable bonds is 12. The predicted octanol–water partition coefficient (Wildman–Crippen LogP) is 8.12. The van der Waals surface area contributed by atoms with Gasteiger partial charge in [0.2, 0.25) is 0 Å². The number of carboxylic acid groups (broad SMARTS) is 2. The van der Waals surface area contributed by atoms with Crippen LogP contribution in [0, 0.1) is 0 Å². The van der Waals surface area contributed by atoms with Gasteiger partial charge in [0.15, 0.2) is 22.9 Å². The van der Waals surface area contributed by atoms with E-state index in [0.29, 0.717) is 68.5 Å². The van der Waals surface area contributed by atoms with Crippen LogP contribution in [0.4, 0.5) is 34.6 Å². The van der Waals surface area contributed by atoms with Crippen molar-refractivity contribution >= 4 is 91.9 Å². The average molecular weight is 790 g/mol. The van der Waals surface area contributed by atoms with Gasteiger partial charge >= 0.3 is 11.9 Å². The van der Waals surface area contributed by atoms with Gasteiger partial charge in [0.25, 0.3) is 0 Å². The molecule has 0 aliphatic heterocycles. The third-order valence-electron chi connectivity index (χ3n) is 8.16. The van der Waals surface area contributed by atoms with Crippen molar-refractivity contribution in [2.75, 3.05) is 21.3 Å². The van der Waals surface area contributed by atoms with Crippen LogP contribution in [0.15, 0.2) is 110 Å². The highest BCUT2D eigenvalue weighted by Crippen LogP contribution is 2.30. The fourth-order valence-corrected chi connectivity index (χ4v) is 5.95. The van der Waals surface area contributed by atoms with E-state index in [4.69, 9.17) is 33.4 Å². The van der Waals surface area contributed by atoms with Gasteiger partial charge in [0.1, 0.15) is 35.1 Å². The van der Waals surface area contributed by atoms with Crippen molar-refractivity contribution < 1.29 is 19.8 Å². The Bertz CT molecular complexity index is 2500. The molecule has 0 radical (unpaired) electrons. The summed E-state index contributed by atoms with van der Waals surface area (Å²) < 4.78 is 0. The lowest BCUT2D eigenvalue weighted by atomic mass is 10.1. The Balaban J connectivity index is 0.000000172. The number of hydrogen-bond donors (Lipinski definition) is 8. The number of H-pyrrole nitrogens is 2. The van der Waals surface area contributed by atoms with E-state index in [1.165, 1.54) is 12.7 Å². The molecular formula is C38H30Cl2N12O4. The number of anilines is 6. The fraction of sp³-hybridized carbons (Fsp3) is 0.0526. The molecule has 8 rings (SSSR count). The summed E-state index contributed by atoms with van der Waals surface area (Å²) in [4.78, 5) is 39.3. The highest BCUT2D eigenvalue weighted by molar-refractivity contribution is 6.31.